The summed E-state index contributed by atoms with van der Waals surface area (Å²) in [6.07, 6.45) is 3.38. The van der Waals surface area contributed by atoms with Crippen LogP contribution in [0.15, 0.2) is 24.3 Å². The highest BCUT2D eigenvalue weighted by molar-refractivity contribution is 5.79. The van der Waals surface area contributed by atoms with E-state index in [0.717, 1.165) is 30.7 Å². The van der Waals surface area contributed by atoms with Crippen molar-refractivity contribution in [1.29, 1.82) is 0 Å². The van der Waals surface area contributed by atoms with Crippen LogP contribution in [0, 0.1) is 5.92 Å². The van der Waals surface area contributed by atoms with E-state index in [1.807, 2.05) is 29.2 Å². The molecule has 1 aliphatic heterocycles. The molecule has 2 rings (SSSR count). The average molecular weight is 390 g/mol. The molecule has 0 spiro atoms. The number of hydrogen-bond donors (Lipinski definition) is 1. The molecule has 1 aliphatic rings. The first-order chi connectivity index (χ1) is 13.5. The van der Waals surface area contributed by atoms with Gasteiger partial charge in [0.15, 0.2) is 0 Å². The minimum atomic E-state index is -0.288. The van der Waals surface area contributed by atoms with E-state index in [4.69, 9.17) is 4.74 Å². The maximum Gasteiger partial charge on any atom is 0.305 e. The average Bonchev–Trinajstić information content (AvgIpc) is 2.72. The number of esters is 1. The Balaban J connectivity index is 1.70. The Hall–Kier alpha value is -2.57. The number of carbonyl (C=O) groups is 3. The molecule has 1 unspecified atom stereocenters. The molecule has 1 fully saturated rings. The zero-order chi connectivity index (χ0) is 20.4. The third-order valence-corrected chi connectivity index (χ3v) is 4.98. The third kappa shape index (κ3) is 7.21. The van der Waals surface area contributed by atoms with Gasteiger partial charge >= 0.3 is 5.97 Å². The van der Waals surface area contributed by atoms with E-state index in [9.17, 15) is 14.4 Å². The number of nitrogens with zero attached hydrogens (tertiary/aromatic N) is 1. The number of benzene rings is 1. The molecule has 0 radical (unpaired) electrons. The molecule has 0 bridgehead atoms. The maximum absolute atomic E-state index is 12.3. The summed E-state index contributed by atoms with van der Waals surface area (Å²) in [5, 5.41) is 2.99. The Morgan fingerprint density at radius 3 is 2.57 bits per heavy atom. The van der Waals surface area contributed by atoms with E-state index in [0.29, 0.717) is 32.4 Å². The molecule has 0 aliphatic carbocycles. The lowest BCUT2D eigenvalue weighted by Crippen LogP contribution is -2.43. The van der Waals surface area contributed by atoms with Crippen LogP contribution < -0.4 is 10.1 Å². The molecule has 1 aromatic carbocycles. The summed E-state index contributed by atoms with van der Waals surface area (Å²) in [5.74, 6) is 0.787. The van der Waals surface area contributed by atoms with Gasteiger partial charge in [0, 0.05) is 32.5 Å². The summed E-state index contributed by atoms with van der Waals surface area (Å²) >= 11 is 0. The van der Waals surface area contributed by atoms with Crippen LogP contribution >= 0.6 is 0 Å². The monoisotopic (exact) mass is 390 g/mol. The first-order valence-electron chi connectivity index (χ1n) is 9.76. The van der Waals surface area contributed by atoms with Crippen molar-refractivity contribution in [3.05, 3.63) is 29.8 Å². The highest BCUT2D eigenvalue weighted by atomic mass is 16.5. The van der Waals surface area contributed by atoms with Crippen LogP contribution in [0.4, 0.5) is 0 Å². The van der Waals surface area contributed by atoms with Crippen LogP contribution in [-0.2, 0) is 25.5 Å². The molecule has 1 N–H and O–H groups in total. The zero-order valence-corrected chi connectivity index (χ0v) is 16.7. The summed E-state index contributed by atoms with van der Waals surface area (Å²) in [5.41, 5.74) is 0.935. The second-order valence-electron chi connectivity index (χ2n) is 7.11. The second-order valence-corrected chi connectivity index (χ2v) is 7.11. The fourth-order valence-corrected chi connectivity index (χ4v) is 3.35. The minimum absolute atomic E-state index is 0.0216. The maximum atomic E-state index is 12.3. The number of hydrogen-bond acceptors (Lipinski definition) is 5. The van der Waals surface area contributed by atoms with Gasteiger partial charge in [0.05, 0.1) is 20.6 Å². The third-order valence-electron chi connectivity index (χ3n) is 4.98. The first-order valence-corrected chi connectivity index (χ1v) is 9.76. The van der Waals surface area contributed by atoms with Gasteiger partial charge in [0.2, 0.25) is 11.8 Å². The lowest BCUT2D eigenvalue weighted by Gasteiger charge is -2.33. The van der Waals surface area contributed by atoms with E-state index in [1.165, 1.54) is 7.11 Å². The number of ether oxygens (including phenoxy) is 2. The number of methoxy groups -OCH3 is 2. The van der Waals surface area contributed by atoms with Gasteiger partial charge in [0.1, 0.15) is 5.75 Å². The van der Waals surface area contributed by atoms with Crippen LogP contribution in [0.1, 0.15) is 37.7 Å². The summed E-state index contributed by atoms with van der Waals surface area (Å²) in [7, 11) is 2.96. The van der Waals surface area contributed by atoms with Crippen LogP contribution in [0.2, 0.25) is 0 Å². The van der Waals surface area contributed by atoms with Crippen molar-refractivity contribution in [2.75, 3.05) is 33.9 Å². The quantitative estimate of drug-likeness (QED) is 0.652. The molecular formula is C21H30N2O5. The molecule has 1 atom stereocenters. The van der Waals surface area contributed by atoms with E-state index in [2.05, 4.69) is 10.1 Å². The SMILES string of the molecule is COC(=O)CCCC(=O)N1CCCC(CNC(=O)Cc2ccc(OC)cc2)C1. The van der Waals surface area contributed by atoms with Gasteiger partial charge < -0.3 is 19.7 Å². The summed E-state index contributed by atoms with van der Waals surface area (Å²) < 4.78 is 9.71. The normalized spacial score (nSPS) is 16.4. The molecule has 7 heteroatoms. The van der Waals surface area contributed by atoms with Crippen molar-refractivity contribution < 1.29 is 23.9 Å². The van der Waals surface area contributed by atoms with E-state index < -0.39 is 0 Å². The number of nitrogens with one attached hydrogen (secondary N) is 1. The lowest BCUT2D eigenvalue weighted by molar-refractivity contribution is -0.141. The number of likely N-dealkylation sites (tertiary alicyclic amines) is 1. The molecule has 1 aromatic rings. The van der Waals surface area contributed by atoms with Crippen LogP contribution in [-0.4, -0.2) is 56.5 Å². The van der Waals surface area contributed by atoms with Gasteiger partial charge in [0.25, 0.3) is 0 Å². The predicted octanol–water partition coefficient (Wildman–Crippen LogP) is 1.94. The number of amides is 2. The van der Waals surface area contributed by atoms with E-state index in [-0.39, 0.29) is 30.1 Å². The molecule has 0 aromatic heterocycles. The standard InChI is InChI=1S/C21H30N2O5/c1-27-18-10-8-16(9-11-18)13-19(24)22-14-17-5-4-12-23(15-17)20(25)6-3-7-21(26)28-2/h8-11,17H,3-7,12-15H2,1-2H3,(H,22,24). The Kier molecular flexibility index (Phi) is 8.78. The van der Waals surface area contributed by atoms with Crippen molar-refractivity contribution in [2.45, 2.75) is 38.5 Å². The summed E-state index contributed by atoms with van der Waals surface area (Å²) in [4.78, 5) is 37.5. The van der Waals surface area contributed by atoms with Gasteiger partial charge in [-0.3, -0.25) is 14.4 Å². The van der Waals surface area contributed by atoms with Crippen LogP contribution in [0.5, 0.6) is 5.75 Å². The van der Waals surface area contributed by atoms with Crippen molar-refractivity contribution in [1.82, 2.24) is 10.2 Å². The van der Waals surface area contributed by atoms with Gasteiger partial charge in [-0.15, -0.1) is 0 Å². The first kappa shape index (κ1) is 21.7. The van der Waals surface area contributed by atoms with Gasteiger partial charge in [-0.2, -0.15) is 0 Å². The van der Waals surface area contributed by atoms with E-state index in [1.54, 1.807) is 7.11 Å². The van der Waals surface area contributed by atoms with Gasteiger partial charge in [-0.25, -0.2) is 0 Å². The fraction of sp³-hybridized carbons (Fsp3) is 0.571. The Labute approximate surface area is 166 Å². The Morgan fingerprint density at radius 2 is 1.89 bits per heavy atom. The highest BCUT2D eigenvalue weighted by Gasteiger charge is 2.23. The van der Waals surface area contributed by atoms with Crippen molar-refractivity contribution >= 4 is 17.8 Å². The van der Waals surface area contributed by atoms with Crippen LogP contribution in [0.3, 0.4) is 0 Å². The number of carbonyl (C=O) groups excluding carboxylic acids is 3. The molecule has 154 valence electrons. The topological polar surface area (TPSA) is 84.9 Å². The summed E-state index contributed by atoms with van der Waals surface area (Å²) in [6, 6.07) is 7.45. The van der Waals surface area contributed by atoms with Crippen molar-refractivity contribution in [3.63, 3.8) is 0 Å². The minimum Gasteiger partial charge on any atom is -0.497 e. The second kappa shape index (κ2) is 11.3. The molecular weight excluding hydrogens is 360 g/mol. The molecule has 0 saturated carbocycles. The molecule has 1 saturated heterocycles. The lowest BCUT2D eigenvalue weighted by atomic mass is 9.97. The number of piperidine rings is 1. The largest absolute Gasteiger partial charge is 0.497 e. The molecule has 7 nitrogen and oxygen atoms in total. The smallest absolute Gasteiger partial charge is 0.305 e. The summed E-state index contributed by atoms with van der Waals surface area (Å²) in [6.45, 7) is 1.97. The number of rotatable bonds is 9. The molecule has 28 heavy (non-hydrogen) atoms. The van der Waals surface area contributed by atoms with Crippen molar-refractivity contribution in [3.8, 4) is 5.75 Å². The Morgan fingerprint density at radius 1 is 1.14 bits per heavy atom. The van der Waals surface area contributed by atoms with E-state index >= 15 is 0 Å². The predicted molar refractivity (Wildman–Crippen MR) is 105 cm³/mol. The van der Waals surface area contributed by atoms with Gasteiger partial charge in [-0.1, -0.05) is 12.1 Å². The van der Waals surface area contributed by atoms with Gasteiger partial charge in [-0.05, 0) is 42.9 Å². The van der Waals surface area contributed by atoms with Crippen LogP contribution in [0.25, 0.3) is 0 Å². The molecule has 2 amide bonds. The highest BCUT2D eigenvalue weighted by Crippen LogP contribution is 2.17. The molecule has 1 heterocycles. The van der Waals surface area contributed by atoms with Crippen molar-refractivity contribution in [2.24, 2.45) is 5.92 Å². The fourth-order valence-electron chi connectivity index (χ4n) is 3.35. The Bertz CT molecular complexity index is 659. The zero-order valence-electron chi connectivity index (χ0n) is 16.7.